The van der Waals surface area contributed by atoms with E-state index in [1.165, 1.54) is 7.11 Å². The first-order valence-electron chi connectivity index (χ1n) is 6.54. The van der Waals surface area contributed by atoms with E-state index in [1.807, 2.05) is 6.07 Å². The maximum atomic E-state index is 12.9. The molecule has 0 aliphatic carbocycles. The van der Waals surface area contributed by atoms with E-state index in [2.05, 4.69) is 15.9 Å². The van der Waals surface area contributed by atoms with Gasteiger partial charge in [-0.05, 0) is 29.8 Å². The van der Waals surface area contributed by atoms with Crippen molar-refractivity contribution in [2.75, 3.05) is 19.5 Å². The summed E-state index contributed by atoms with van der Waals surface area (Å²) in [5.41, 5.74) is 8.32. The average molecular weight is 348 g/mol. The Morgan fingerprint density at radius 3 is 2.90 bits per heavy atom. The molecule has 1 aliphatic heterocycles. The molecule has 2 aromatic rings. The van der Waals surface area contributed by atoms with E-state index in [4.69, 9.17) is 15.2 Å². The highest BCUT2D eigenvalue weighted by molar-refractivity contribution is 9.10. The summed E-state index contributed by atoms with van der Waals surface area (Å²) >= 11 is 3.44. The molecule has 1 heterocycles. The molecule has 0 aromatic heterocycles. The molecule has 0 unspecified atom stereocenters. The van der Waals surface area contributed by atoms with Gasteiger partial charge in [-0.25, -0.2) is 0 Å². The molecule has 2 aromatic carbocycles. The molecule has 0 bridgehead atoms. The summed E-state index contributed by atoms with van der Waals surface area (Å²) < 4.78 is 11.7. The number of ether oxygens (including phenoxy) is 2. The molecular formula is C16H14BrNO3. The number of anilines is 1. The standard InChI is InChI=1S/C16H14BrNO3/c1-20-16-11(3-2-4-13(16)18)14(19)12-8-10(17)7-9-5-6-21-15(9)12/h2-4,7-8H,5-6,18H2,1H3. The zero-order valence-electron chi connectivity index (χ0n) is 11.5. The Hall–Kier alpha value is -2.01. The monoisotopic (exact) mass is 347 g/mol. The van der Waals surface area contributed by atoms with Gasteiger partial charge in [-0.2, -0.15) is 0 Å². The van der Waals surface area contributed by atoms with Gasteiger partial charge in [-0.1, -0.05) is 22.0 Å². The lowest BCUT2D eigenvalue weighted by molar-refractivity contribution is 0.103. The van der Waals surface area contributed by atoms with Crippen LogP contribution in [-0.2, 0) is 6.42 Å². The van der Waals surface area contributed by atoms with Gasteiger partial charge in [0.15, 0.2) is 5.75 Å². The molecule has 2 N–H and O–H groups in total. The molecule has 0 fully saturated rings. The van der Waals surface area contributed by atoms with E-state index in [0.29, 0.717) is 34.9 Å². The molecule has 0 spiro atoms. The van der Waals surface area contributed by atoms with Crippen LogP contribution in [0.25, 0.3) is 0 Å². The molecule has 0 radical (unpaired) electrons. The van der Waals surface area contributed by atoms with Crippen LogP contribution in [0.5, 0.6) is 11.5 Å². The Balaban J connectivity index is 2.14. The maximum absolute atomic E-state index is 12.9. The minimum atomic E-state index is -0.154. The summed E-state index contributed by atoms with van der Waals surface area (Å²) in [5, 5.41) is 0. The number of para-hydroxylation sites is 1. The first-order chi connectivity index (χ1) is 10.1. The van der Waals surface area contributed by atoms with Crippen molar-refractivity contribution in [1.29, 1.82) is 0 Å². The van der Waals surface area contributed by atoms with Crippen LogP contribution in [0.3, 0.4) is 0 Å². The Morgan fingerprint density at radius 2 is 2.14 bits per heavy atom. The molecule has 1 aliphatic rings. The van der Waals surface area contributed by atoms with Gasteiger partial charge in [0.05, 0.1) is 30.5 Å². The first kappa shape index (κ1) is 13.9. The number of nitrogen functional groups attached to an aromatic ring is 1. The summed E-state index contributed by atoms with van der Waals surface area (Å²) in [5.74, 6) is 0.903. The molecule has 0 saturated carbocycles. The van der Waals surface area contributed by atoms with Crippen molar-refractivity contribution in [1.82, 2.24) is 0 Å². The van der Waals surface area contributed by atoms with E-state index in [0.717, 1.165) is 16.5 Å². The summed E-state index contributed by atoms with van der Waals surface area (Å²) in [6, 6.07) is 8.91. The van der Waals surface area contributed by atoms with Crippen molar-refractivity contribution < 1.29 is 14.3 Å². The number of hydrogen-bond donors (Lipinski definition) is 1. The predicted octanol–water partition coefficient (Wildman–Crippen LogP) is 3.21. The number of methoxy groups -OCH3 is 1. The van der Waals surface area contributed by atoms with E-state index < -0.39 is 0 Å². The Bertz CT molecular complexity index is 728. The van der Waals surface area contributed by atoms with Crippen LogP contribution in [0.1, 0.15) is 21.5 Å². The summed E-state index contributed by atoms with van der Waals surface area (Å²) in [6.07, 6.45) is 0.809. The molecule has 0 amide bonds. The predicted molar refractivity (Wildman–Crippen MR) is 84.2 cm³/mol. The van der Waals surface area contributed by atoms with Gasteiger partial charge in [0, 0.05) is 10.9 Å². The second-order valence-corrected chi connectivity index (χ2v) is 5.71. The van der Waals surface area contributed by atoms with Crippen LogP contribution in [0.4, 0.5) is 5.69 Å². The topological polar surface area (TPSA) is 61.5 Å². The Labute approximate surface area is 131 Å². The van der Waals surface area contributed by atoms with Gasteiger partial charge < -0.3 is 15.2 Å². The lowest BCUT2D eigenvalue weighted by Crippen LogP contribution is -2.07. The lowest BCUT2D eigenvalue weighted by Gasteiger charge is -2.12. The number of carbonyl (C=O) groups is 1. The molecular weight excluding hydrogens is 334 g/mol. The van der Waals surface area contributed by atoms with Crippen LogP contribution < -0.4 is 15.2 Å². The van der Waals surface area contributed by atoms with Crippen molar-refractivity contribution in [3.05, 3.63) is 51.5 Å². The number of hydrogen-bond acceptors (Lipinski definition) is 4. The molecule has 5 heteroatoms. The van der Waals surface area contributed by atoms with E-state index in [-0.39, 0.29) is 5.78 Å². The number of fused-ring (bicyclic) bond motifs is 1. The Kier molecular flexibility index (Phi) is 3.59. The van der Waals surface area contributed by atoms with Gasteiger partial charge in [0.25, 0.3) is 0 Å². The van der Waals surface area contributed by atoms with E-state index >= 15 is 0 Å². The van der Waals surface area contributed by atoms with Gasteiger partial charge in [-0.3, -0.25) is 4.79 Å². The second-order valence-electron chi connectivity index (χ2n) is 4.80. The first-order valence-corrected chi connectivity index (χ1v) is 7.33. The summed E-state index contributed by atoms with van der Waals surface area (Å²) in [6.45, 7) is 0.597. The normalized spacial score (nSPS) is 12.7. The SMILES string of the molecule is COc1c(N)cccc1C(=O)c1cc(Br)cc2c1OCC2. The van der Waals surface area contributed by atoms with Crippen LogP contribution in [0, 0.1) is 0 Å². The molecule has 0 atom stereocenters. The Morgan fingerprint density at radius 1 is 1.33 bits per heavy atom. The zero-order chi connectivity index (χ0) is 15.0. The fourth-order valence-corrected chi connectivity index (χ4v) is 3.05. The molecule has 3 rings (SSSR count). The lowest BCUT2D eigenvalue weighted by atomic mass is 9.98. The molecule has 21 heavy (non-hydrogen) atoms. The molecule has 4 nitrogen and oxygen atoms in total. The highest BCUT2D eigenvalue weighted by Gasteiger charge is 2.25. The highest BCUT2D eigenvalue weighted by Crippen LogP contribution is 2.36. The third-order valence-corrected chi connectivity index (χ3v) is 3.95. The van der Waals surface area contributed by atoms with Gasteiger partial charge in [-0.15, -0.1) is 0 Å². The summed E-state index contributed by atoms with van der Waals surface area (Å²) in [4.78, 5) is 12.9. The number of ketones is 1. The third-order valence-electron chi connectivity index (χ3n) is 3.49. The minimum absolute atomic E-state index is 0.154. The fraction of sp³-hybridized carbons (Fsp3) is 0.188. The van der Waals surface area contributed by atoms with Gasteiger partial charge in [0.1, 0.15) is 5.75 Å². The minimum Gasteiger partial charge on any atom is -0.494 e. The van der Waals surface area contributed by atoms with E-state index in [9.17, 15) is 4.79 Å². The molecule has 108 valence electrons. The summed E-state index contributed by atoms with van der Waals surface area (Å²) in [7, 11) is 1.50. The second kappa shape index (κ2) is 5.41. The van der Waals surface area contributed by atoms with Crippen molar-refractivity contribution in [3.63, 3.8) is 0 Å². The average Bonchev–Trinajstić information content (AvgIpc) is 2.93. The van der Waals surface area contributed by atoms with Crippen LogP contribution >= 0.6 is 15.9 Å². The van der Waals surface area contributed by atoms with Gasteiger partial charge in [0.2, 0.25) is 5.78 Å². The molecule has 0 saturated heterocycles. The van der Waals surface area contributed by atoms with E-state index in [1.54, 1.807) is 24.3 Å². The number of nitrogens with two attached hydrogens (primary N) is 1. The van der Waals surface area contributed by atoms with Gasteiger partial charge >= 0.3 is 0 Å². The number of rotatable bonds is 3. The van der Waals surface area contributed by atoms with Crippen LogP contribution in [-0.4, -0.2) is 19.5 Å². The highest BCUT2D eigenvalue weighted by atomic mass is 79.9. The maximum Gasteiger partial charge on any atom is 0.200 e. The van der Waals surface area contributed by atoms with Crippen LogP contribution in [0.2, 0.25) is 0 Å². The van der Waals surface area contributed by atoms with Crippen LogP contribution in [0.15, 0.2) is 34.8 Å². The number of carbonyl (C=O) groups excluding carboxylic acids is 1. The van der Waals surface area contributed by atoms with Crippen molar-refractivity contribution in [2.45, 2.75) is 6.42 Å². The largest absolute Gasteiger partial charge is 0.494 e. The quantitative estimate of drug-likeness (QED) is 0.684. The van der Waals surface area contributed by atoms with Crippen molar-refractivity contribution in [2.24, 2.45) is 0 Å². The number of benzene rings is 2. The zero-order valence-corrected chi connectivity index (χ0v) is 13.1. The number of halogens is 1. The van der Waals surface area contributed by atoms with Crippen molar-refractivity contribution >= 4 is 27.4 Å². The fourth-order valence-electron chi connectivity index (χ4n) is 2.54. The smallest absolute Gasteiger partial charge is 0.200 e. The third kappa shape index (κ3) is 2.38. The van der Waals surface area contributed by atoms with Crippen molar-refractivity contribution in [3.8, 4) is 11.5 Å².